The Kier molecular flexibility index (Phi) is 5.92. The summed E-state index contributed by atoms with van der Waals surface area (Å²) in [6.07, 6.45) is 3.22. The van der Waals surface area contributed by atoms with Crippen LogP contribution in [0.3, 0.4) is 0 Å². The molecule has 1 aliphatic heterocycles. The molecule has 1 amide bonds. The third-order valence-corrected chi connectivity index (χ3v) is 3.98. The molecule has 0 spiro atoms. The summed E-state index contributed by atoms with van der Waals surface area (Å²) in [5.74, 6) is 0.651. The molecule has 2 rings (SSSR count). The van der Waals surface area contributed by atoms with Crippen molar-refractivity contribution in [3.8, 4) is 5.75 Å². The van der Waals surface area contributed by atoms with Crippen LogP contribution in [0.4, 0.5) is 0 Å². The molecule has 0 saturated carbocycles. The zero-order chi connectivity index (χ0) is 17.8. The predicted molar refractivity (Wildman–Crippen MR) is 96.5 cm³/mol. The van der Waals surface area contributed by atoms with E-state index in [-0.39, 0.29) is 23.0 Å². The molecule has 1 atom stereocenters. The first-order valence-corrected chi connectivity index (χ1v) is 8.82. The summed E-state index contributed by atoms with van der Waals surface area (Å²) in [4.78, 5) is 12.6. The zero-order valence-corrected chi connectivity index (χ0v) is 15.6. The maximum atomic E-state index is 12.6. The first-order valence-electron chi connectivity index (χ1n) is 8.82. The van der Waals surface area contributed by atoms with Crippen molar-refractivity contribution in [2.24, 2.45) is 5.41 Å². The summed E-state index contributed by atoms with van der Waals surface area (Å²) in [7, 11) is 0. The summed E-state index contributed by atoms with van der Waals surface area (Å²) < 4.78 is 11.3. The largest absolute Gasteiger partial charge is 0.491 e. The van der Waals surface area contributed by atoms with E-state index in [1.165, 1.54) is 0 Å². The van der Waals surface area contributed by atoms with Crippen LogP contribution in [0.1, 0.15) is 64.2 Å². The molecule has 0 bridgehead atoms. The summed E-state index contributed by atoms with van der Waals surface area (Å²) in [6, 6.07) is 7.36. The van der Waals surface area contributed by atoms with Crippen LogP contribution in [0, 0.1) is 5.41 Å². The molecule has 0 aliphatic carbocycles. The van der Waals surface area contributed by atoms with Gasteiger partial charge in [0, 0.05) is 17.7 Å². The molecule has 0 radical (unpaired) electrons. The molecule has 24 heavy (non-hydrogen) atoms. The van der Waals surface area contributed by atoms with E-state index in [4.69, 9.17) is 9.47 Å². The number of amides is 1. The average Bonchev–Trinajstić information content (AvgIpc) is 2.95. The third kappa shape index (κ3) is 6.16. The van der Waals surface area contributed by atoms with E-state index in [1.54, 1.807) is 6.07 Å². The topological polar surface area (TPSA) is 47.6 Å². The van der Waals surface area contributed by atoms with E-state index >= 15 is 0 Å². The minimum Gasteiger partial charge on any atom is -0.491 e. The number of hydrogen-bond donors (Lipinski definition) is 1. The van der Waals surface area contributed by atoms with Gasteiger partial charge < -0.3 is 14.8 Å². The Balaban J connectivity index is 1.95. The van der Waals surface area contributed by atoms with Crippen LogP contribution >= 0.6 is 0 Å². The van der Waals surface area contributed by atoms with Crippen LogP contribution in [0.25, 0.3) is 0 Å². The van der Waals surface area contributed by atoms with E-state index in [0.717, 1.165) is 25.9 Å². The fraction of sp³-hybridized carbons (Fsp3) is 0.650. The highest BCUT2D eigenvalue weighted by molar-refractivity contribution is 5.95. The molecule has 4 nitrogen and oxygen atoms in total. The van der Waals surface area contributed by atoms with Crippen LogP contribution in [0.5, 0.6) is 5.75 Å². The molecule has 1 aromatic rings. The molecule has 1 fully saturated rings. The zero-order valence-electron chi connectivity index (χ0n) is 15.6. The maximum absolute atomic E-state index is 12.6. The second-order valence-electron chi connectivity index (χ2n) is 8.55. The standard InChI is InChI=1S/C20H31NO3/c1-19(2,3)14-20(4,5)21-18(22)15-8-6-9-16(12-15)24-13-17-10-7-11-23-17/h6,8-9,12,17H,7,10-11,13-14H2,1-5H3,(H,21,22). The highest BCUT2D eigenvalue weighted by Gasteiger charge is 2.27. The molecular formula is C20H31NO3. The number of hydrogen-bond acceptors (Lipinski definition) is 3. The molecule has 134 valence electrons. The number of carbonyl (C=O) groups excluding carboxylic acids is 1. The van der Waals surface area contributed by atoms with Crippen LogP contribution in [-0.2, 0) is 4.74 Å². The van der Waals surface area contributed by atoms with E-state index in [2.05, 4.69) is 39.9 Å². The Labute approximate surface area is 145 Å². The first kappa shape index (κ1) is 18.8. The minimum absolute atomic E-state index is 0.0631. The number of nitrogens with one attached hydrogen (secondary N) is 1. The lowest BCUT2D eigenvalue weighted by Crippen LogP contribution is -2.45. The molecular weight excluding hydrogens is 302 g/mol. The number of benzene rings is 1. The van der Waals surface area contributed by atoms with Gasteiger partial charge in [0.2, 0.25) is 0 Å². The second-order valence-corrected chi connectivity index (χ2v) is 8.55. The van der Waals surface area contributed by atoms with Crippen molar-refractivity contribution < 1.29 is 14.3 Å². The Hall–Kier alpha value is -1.55. The quantitative estimate of drug-likeness (QED) is 0.849. The summed E-state index contributed by atoms with van der Waals surface area (Å²) in [6.45, 7) is 12.0. The first-order chi connectivity index (χ1) is 11.1. The molecule has 0 aromatic heterocycles. The fourth-order valence-electron chi connectivity index (χ4n) is 3.44. The highest BCUT2D eigenvalue weighted by Crippen LogP contribution is 2.27. The summed E-state index contributed by atoms with van der Waals surface area (Å²) in [5.41, 5.74) is 0.522. The van der Waals surface area contributed by atoms with Gasteiger partial charge in [-0.15, -0.1) is 0 Å². The summed E-state index contributed by atoms with van der Waals surface area (Å²) in [5, 5.41) is 3.13. The normalized spacial score (nSPS) is 18.5. The van der Waals surface area contributed by atoms with Crippen LogP contribution in [0.15, 0.2) is 24.3 Å². The van der Waals surface area contributed by atoms with Crippen molar-refractivity contribution in [1.29, 1.82) is 0 Å². The smallest absolute Gasteiger partial charge is 0.251 e. The van der Waals surface area contributed by atoms with Crippen LogP contribution in [0.2, 0.25) is 0 Å². The Morgan fingerprint density at radius 2 is 2.04 bits per heavy atom. The predicted octanol–water partition coefficient (Wildman–Crippen LogP) is 4.19. The van der Waals surface area contributed by atoms with Gasteiger partial charge in [-0.1, -0.05) is 26.8 Å². The molecule has 1 aliphatic rings. The molecule has 1 saturated heterocycles. The van der Waals surface area contributed by atoms with Gasteiger partial charge in [0.1, 0.15) is 12.4 Å². The summed E-state index contributed by atoms with van der Waals surface area (Å²) >= 11 is 0. The highest BCUT2D eigenvalue weighted by atomic mass is 16.5. The van der Waals surface area contributed by atoms with E-state index in [0.29, 0.717) is 17.9 Å². The number of rotatable bonds is 6. The van der Waals surface area contributed by atoms with Crippen molar-refractivity contribution in [1.82, 2.24) is 5.32 Å². The van der Waals surface area contributed by atoms with Gasteiger partial charge >= 0.3 is 0 Å². The van der Waals surface area contributed by atoms with Gasteiger partial charge in [-0.25, -0.2) is 0 Å². The van der Waals surface area contributed by atoms with Crippen molar-refractivity contribution in [3.63, 3.8) is 0 Å². The van der Waals surface area contributed by atoms with Crippen molar-refractivity contribution >= 4 is 5.91 Å². The molecule has 1 aromatic carbocycles. The van der Waals surface area contributed by atoms with Crippen LogP contribution in [-0.4, -0.2) is 30.8 Å². The molecule has 1 unspecified atom stereocenters. The SMILES string of the molecule is CC(C)(C)CC(C)(C)NC(=O)c1cccc(OCC2CCCO2)c1. The van der Waals surface area contributed by atoms with Gasteiger partial charge in [0.15, 0.2) is 0 Å². The lowest BCUT2D eigenvalue weighted by atomic mass is 9.81. The Morgan fingerprint density at radius 1 is 1.29 bits per heavy atom. The third-order valence-electron chi connectivity index (χ3n) is 3.98. The Bertz CT molecular complexity index is 554. The Morgan fingerprint density at radius 3 is 2.67 bits per heavy atom. The van der Waals surface area contributed by atoms with E-state index < -0.39 is 0 Å². The molecule has 1 N–H and O–H groups in total. The van der Waals surface area contributed by atoms with E-state index in [9.17, 15) is 4.79 Å². The van der Waals surface area contributed by atoms with Crippen molar-refractivity contribution in [3.05, 3.63) is 29.8 Å². The molecule has 4 heteroatoms. The van der Waals surface area contributed by atoms with Gasteiger partial charge in [0.05, 0.1) is 6.10 Å². The lowest BCUT2D eigenvalue weighted by Gasteiger charge is -2.33. The van der Waals surface area contributed by atoms with Gasteiger partial charge in [0.25, 0.3) is 5.91 Å². The number of carbonyl (C=O) groups is 1. The van der Waals surface area contributed by atoms with Gasteiger partial charge in [-0.2, -0.15) is 0 Å². The minimum atomic E-state index is -0.260. The fourth-order valence-corrected chi connectivity index (χ4v) is 3.44. The average molecular weight is 333 g/mol. The van der Waals surface area contributed by atoms with Crippen molar-refractivity contribution in [2.75, 3.05) is 13.2 Å². The number of ether oxygens (including phenoxy) is 2. The molecule has 1 heterocycles. The lowest BCUT2D eigenvalue weighted by molar-refractivity contribution is 0.0679. The monoisotopic (exact) mass is 333 g/mol. The maximum Gasteiger partial charge on any atom is 0.251 e. The van der Waals surface area contributed by atoms with Gasteiger partial charge in [-0.3, -0.25) is 4.79 Å². The van der Waals surface area contributed by atoms with Crippen molar-refractivity contribution in [2.45, 2.75) is 65.5 Å². The second kappa shape index (κ2) is 7.56. The van der Waals surface area contributed by atoms with Crippen LogP contribution < -0.4 is 10.1 Å². The van der Waals surface area contributed by atoms with Gasteiger partial charge in [-0.05, 0) is 56.7 Å². The van der Waals surface area contributed by atoms with E-state index in [1.807, 2.05) is 18.2 Å².